The second kappa shape index (κ2) is 7.19. The summed E-state index contributed by atoms with van der Waals surface area (Å²) in [5, 5.41) is 2.92. The van der Waals surface area contributed by atoms with Crippen LogP contribution in [-0.2, 0) is 11.3 Å². The monoisotopic (exact) mass is 376 g/mol. The number of carbonyl (C=O) groups is 2. The Balaban J connectivity index is 1.58. The number of hydrogen-bond donors (Lipinski definition) is 1. The fourth-order valence-corrected chi connectivity index (χ4v) is 3.18. The predicted molar refractivity (Wildman–Crippen MR) is 106 cm³/mol. The first-order valence-corrected chi connectivity index (χ1v) is 8.93. The molecular formula is C21H20N4O3. The number of hydrogen-bond acceptors (Lipinski definition) is 4. The molecule has 0 radical (unpaired) electrons. The molecule has 0 atom stereocenters. The molecule has 1 aliphatic heterocycles. The zero-order valence-corrected chi connectivity index (χ0v) is 15.7. The first-order chi connectivity index (χ1) is 13.5. The van der Waals surface area contributed by atoms with E-state index in [-0.39, 0.29) is 18.4 Å². The summed E-state index contributed by atoms with van der Waals surface area (Å²) in [6, 6.07) is 12.8. The van der Waals surface area contributed by atoms with Crippen LogP contribution in [-0.4, -0.2) is 35.0 Å². The van der Waals surface area contributed by atoms with Crippen molar-refractivity contribution < 1.29 is 14.3 Å². The third-order valence-electron chi connectivity index (χ3n) is 4.83. The molecule has 2 aromatic carbocycles. The quantitative estimate of drug-likeness (QED) is 0.760. The molecule has 0 saturated carbocycles. The molecule has 1 aromatic heterocycles. The van der Waals surface area contributed by atoms with E-state index in [9.17, 15) is 9.59 Å². The highest BCUT2D eigenvalue weighted by Gasteiger charge is 2.23. The smallest absolute Gasteiger partial charge is 0.264 e. The lowest BCUT2D eigenvalue weighted by atomic mass is 10.1. The van der Waals surface area contributed by atoms with Gasteiger partial charge in [-0.15, -0.1) is 0 Å². The Bertz CT molecular complexity index is 1060. The van der Waals surface area contributed by atoms with Gasteiger partial charge in [0.1, 0.15) is 11.6 Å². The molecule has 2 heterocycles. The maximum absolute atomic E-state index is 12.9. The van der Waals surface area contributed by atoms with E-state index in [4.69, 9.17) is 4.74 Å². The summed E-state index contributed by atoms with van der Waals surface area (Å²) in [6.45, 7) is 2.51. The molecule has 3 aromatic rings. The van der Waals surface area contributed by atoms with Crippen molar-refractivity contribution in [1.82, 2.24) is 9.55 Å². The van der Waals surface area contributed by atoms with Crippen molar-refractivity contribution in [3.05, 3.63) is 71.8 Å². The lowest BCUT2D eigenvalue weighted by Gasteiger charge is -2.26. The first kappa shape index (κ1) is 17.8. The van der Waals surface area contributed by atoms with Crippen LogP contribution in [0.1, 0.15) is 21.7 Å². The third kappa shape index (κ3) is 3.34. The van der Waals surface area contributed by atoms with E-state index in [1.54, 1.807) is 37.5 Å². The van der Waals surface area contributed by atoms with Gasteiger partial charge < -0.3 is 19.5 Å². The van der Waals surface area contributed by atoms with Crippen LogP contribution in [0.4, 0.5) is 11.4 Å². The normalized spacial score (nSPS) is 13.1. The molecule has 0 spiro atoms. The van der Waals surface area contributed by atoms with Crippen LogP contribution in [0.25, 0.3) is 0 Å². The van der Waals surface area contributed by atoms with Gasteiger partial charge in [0.2, 0.25) is 0 Å². The van der Waals surface area contributed by atoms with Crippen molar-refractivity contribution in [3.8, 4) is 5.75 Å². The Kier molecular flexibility index (Phi) is 4.57. The molecule has 0 aliphatic carbocycles. The van der Waals surface area contributed by atoms with E-state index in [2.05, 4.69) is 10.3 Å². The maximum Gasteiger partial charge on any atom is 0.264 e. The molecule has 0 saturated heterocycles. The van der Waals surface area contributed by atoms with Crippen molar-refractivity contribution in [1.29, 1.82) is 0 Å². The van der Waals surface area contributed by atoms with E-state index < -0.39 is 0 Å². The second-order valence-electron chi connectivity index (χ2n) is 6.64. The number of nitrogens with zero attached hydrogens (tertiary/aromatic N) is 3. The molecule has 142 valence electrons. The molecule has 1 N–H and O–H groups in total. The standard InChI is InChI=1S/C21H20N4O3/c1-14-22-9-10-25(14)12-15-5-3-4-6-17(15)21(27)23-16-7-8-19-18(11-16)24(2)20(26)13-28-19/h3-11H,12-13H2,1-2H3,(H,23,27). The van der Waals surface area contributed by atoms with Crippen LogP contribution in [0.15, 0.2) is 54.9 Å². The van der Waals surface area contributed by atoms with E-state index in [0.717, 1.165) is 11.4 Å². The van der Waals surface area contributed by atoms with Crippen molar-refractivity contribution in [2.24, 2.45) is 0 Å². The van der Waals surface area contributed by atoms with Crippen molar-refractivity contribution >= 4 is 23.2 Å². The van der Waals surface area contributed by atoms with E-state index in [1.807, 2.05) is 35.9 Å². The second-order valence-corrected chi connectivity index (χ2v) is 6.64. The van der Waals surface area contributed by atoms with Gasteiger partial charge in [-0.25, -0.2) is 4.98 Å². The Hall–Kier alpha value is -3.61. The molecular weight excluding hydrogens is 356 g/mol. The van der Waals surface area contributed by atoms with Gasteiger partial charge in [0.15, 0.2) is 6.61 Å². The summed E-state index contributed by atoms with van der Waals surface area (Å²) >= 11 is 0. The summed E-state index contributed by atoms with van der Waals surface area (Å²) in [6.07, 6.45) is 3.63. The lowest BCUT2D eigenvalue weighted by Crippen LogP contribution is -2.35. The van der Waals surface area contributed by atoms with Crippen molar-refractivity contribution in [2.45, 2.75) is 13.5 Å². The average Bonchev–Trinajstić information content (AvgIpc) is 3.10. The molecule has 0 unspecified atom stereocenters. The van der Waals surface area contributed by atoms with Crippen LogP contribution >= 0.6 is 0 Å². The van der Waals surface area contributed by atoms with E-state index in [1.165, 1.54) is 4.90 Å². The number of fused-ring (bicyclic) bond motifs is 1. The fraction of sp³-hybridized carbons (Fsp3) is 0.190. The van der Waals surface area contributed by atoms with Gasteiger partial charge in [-0.2, -0.15) is 0 Å². The zero-order valence-electron chi connectivity index (χ0n) is 15.7. The summed E-state index contributed by atoms with van der Waals surface area (Å²) in [5.74, 6) is 1.17. The number of imidazole rings is 1. The molecule has 0 bridgehead atoms. The number of likely N-dealkylation sites (N-methyl/N-ethyl adjacent to an activating group) is 1. The number of aryl methyl sites for hydroxylation is 1. The number of anilines is 2. The molecule has 4 rings (SSSR count). The van der Waals surface area contributed by atoms with Gasteiger partial charge in [0, 0.05) is 37.2 Å². The van der Waals surface area contributed by atoms with Crippen molar-refractivity contribution in [2.75, 3.05) is 23.9 Å². The number of ether oxygens (including phenoxy) is 1. The van der Waals surface area contributed by atoms with Crippen LogP contribution in [0.3, 0.4) is 0 Å². The van der Waals surface area contributed by atoms with Gasteiger partial charge in [0.25, 0.3) is 11.8 Å². The number of aromatic nitrogens is 2. The van der Waals surface area contributed by atoms with Gasteiger partial charge in [-0.3, -0.25) is 9.59 Å². The maximum atomic E-state index is 12.9. The Labute approximate surface area is 162 Å². The van der Waals surface area contributed by atoms with Gasteiger partial charge in [-0.1, -0.05) is 18.2 Å². The average molecular weight is 376 g/mol. The number of carbonyl (C=O) groups excluding carboxylic acids is 2. The number of nitrogens with one attached hydrogen (secondary N) is 1. The minimum absolute atomic E-state index is 0.0241. The van der Waals surface area contributed by atoms with Crippen LogP contribution < -0.4 is 15.0 Å². The lowest BCUT2D eigenvalue weighted by molar-refractivity contribution is -0.120. The largest absolute Gasteiger partial charge is 0.482 e. The van der Waals surface area contributed by atoms with Crippen LogP contribution in [0.5, 0.6) is 5.75 Å². The molecule has 28 heavy (non-hydrogen) atoms. The van der Waals surface area contributed by atoms with Gasteiger partial charge >= 0.3 is 0 Å². The Morgan fingerprint density at radius 3 is 2.86 bits per heavy atom. The Morgan fingerprint density at radius 2 is 2.07 bits per heavy atom. The minimum atomic E-state index is -0.209. The van der Waals surface area contributed by atoms with Gasteiger partial charge in [-0.05, 0) is 36.8 Å². The summed E-state index contributed by atoms with van der Waals surface area (Å²) in [7, 11) is 1.69. The molecule has 1 aliphatic rings. The molecule has 7 heteroatoms. The highest BCUT2D eigenvalue weighted by molar-refractivity contribution is 6.06. The highest BCUT2D eigenvalue weighted by atomic mass is 16.5. The number of amides is 2. The topological polar surface area (TPSA) is 76.5 Å². The zero-order chi connectivity index (χ0) is 19.7. The molecule has 7 nitrogen and oxygen atoms in total. The summed E-state index contributed by atoms with van der Waals surface area (Å²) < 4.78 is 7.42. The molecule has 0 fully saturated rings. The minimum Gasteiger partial charge on any atom is -0.482 e. The highest BCUT2D eigenvalue weighted by Crippen LogP contribution is 2.33. The SMILES string of the molecule is Cc1nccn1Cc1ccccc1C(=O)Nc1ccc2c(c1)N(C)C(=O)CO2. The van der Waals surface area contributed by atoms with Crippen LogP contribution in [0, 0.1) is 6.92 Å². The van der Waals surface area contributed by atoms with Gasteiger partial charge in [0.05, 0.1) is 5.69 Å². The Morgan fingerprint density at radius 1 is 1.25 bits per heavy atom. The number of rotatable bonds is 4. The first-order valence-electron chi connectivity index (χ1n) is 8.93. The van der Waals surface area contributed by atoms with Crippen molar-refractivity contribution in [3.63, 3.8) is 0 Å². The van der Waals surface area contributed by atoms with E-state index >= 15 is 0 Å². The predicted octanol–water partition coefficient (Wildman–Crippen LogP) is 2.85. The summed E-state index contributed by atoms with van der Waals surface area (Å²) in [5.41, 5.74) is 2.72. The summed E-state index contributed by atoms with van der Waals surface area (Å²) in [4.78, 5) is 30.5. The van der Waals surface area contributed by atoms with Crippen LogP contribution in [0.2, 0.25) is 0 Å². The third-order valence-corrected chi connectivity index (χ3v) is 4.83. The fourth-order valence-electron chi connectivity index (χ4n) is 3.18. The number of benzene rings is 2. The van der Waals surface area contributed by atoms with E-state index in [0.29, 0.717) is 29.2 Å². The molecule has 2 amide bonds.